The van der Waals surface area contributed by atoms with Gasteiger partial charge in [0.1, 0.15) is 5.82 Å². The van der Waals surface area contributed by atoms with Crippen LogP contribution >= 0.6 is 0 Å². The van der Waals surface area contributed by atoms with Crippen LogP contribution in [0, 0.1) is 5.82 Å². The number of ether oxygens (including phenoxy) is 1. The highest BCUT2D eigenvalue weighted by Gasteiger charge is 2.23. The zero-order valence-electron chi connectivity index (χ0n) is 18.6. The molecule has 2 aromatic rings. The minimum absolute atomic E-state index is 0.107. The summed E-state index contributed by atoms with van der Waals surface area (Å²) in [5.74, 6) is 2.18. The molecule has 8 nitrogen and oxygen atoms in total. The summed E-state index contributed by atoms with van der Waals surface area (Å²) in [6.45, 7) is 8.59. The molecule has 1 fully saturated rings. The van der Waals surface area contributed by atoms with Crippen LogP contribution in [0.25, 0.3) is 0 Å². The molecular formula is C22H33FN6O2. The number of rotatable bonds is 9. The number of aliphatic imine (C=N–C) groups is 1. The van der Waals surface area contributed by atoms with Crippen molar-refractivity contribution in [2.45, 2.75) is 38.6 Å². The van der Waals surface area contributed by atoms with Crippen LogP contribution in [-0.4, -0.2) is 67.4 Å². The molecule has 1 aromatic heterocycles. The van der Waals surface area contributed by atoms with Gasteiger partial charge in [-0.25, -0.2) is 4.39 Å². The third-order valence-electron chi connectivity index (χ3n) is 5.29. The van der Waals surface area contributed by atoms with Gasteiger partial charge in [-0.2, -0.15) is 4.98 Å². The van der Waals surface area contributed by atoms with Crippen molar-refractivity contribution < 1.29 is 13.7 Å². The summed E-state index contributed by atoms with van der Waals surface area (Å²) in [6.07, 6.45) is 1.57. The third kappa shape index (κ3) is 7.00. The fourth-order valence-electron chi connectivity index (χ4n) is 3.50. The number of guanidine groups is 1. The minimum atomic E-state index is -0.225. The smallest absolute Gasteiger partial charge is 0.226 e. The molecule has 1 aliphatic heterocycles. The highest BCUT2D eigenvalue weighted by molar-refractivity contribution is 5.79. The lowest BCUT2D eigenvalue weighted by Crippen LogP contribution is -2.46. The van der Waals surface area contributed by atoms with Gasteiger partial charge in [0.2, 0.25) is 5.89 Å². The van der Waals surface area contributed by atoms with E-state index in [1.165, 1.54) is 12.1 Å². The average molecular weight is 433 g/mol. The number of hydrogen-bond donors (Lipinski definition) is 2. The molecule has 3 rings (SSSR count). The summed E-state index contributed by atoms with van der Waals surface area (Å²) in [5.41, 5.74) is 1.07. The molecule has 1 saturated heterocycles. The third-order valence-corrected chi connectivity index (χ3v) is 5.29. The summed E-state index contributed by atoms with van der Waals surface area (Å²) in [6, 6.07) is 6.83. The lowest BCUT2D eigenvalue weighted by Gasteiger charge is -2.35. The zero-order valence-corrected chi connectivity index (χ0v) is 18.6. The van der Waals surface area contributed by atoms with Crippen molar-refractivity contribution in [3.8, 4) is 0 Å². The van der Waals surface area contributed by atoms with E-state index in [0.717, 1.165) is 49.8 Å². The van der Waals surface area contributed by atoms with Crippen molar-refractivity contribution in [2.75, 3.05) is 46.4 Å². The van der Waals surface area contributed by atoms with Gasteiger partial charge >= 0.3 is 0 Å². The topological polar surface area (TPSA) is 87.8 Å². The van der Waals surface area contributed by atoms with Crippen LogP contribution in [0.3, 0.4) is 0 Å². The first-order valence-electron chi connectivity index (χ1n) is 10.9. The Labute approximate surface area is 183 Å². The van der Waals surface area contributed by atoms with Crippen LogP contribution in [0.2, 0.25) is 0 Å². The Bertz CT molecular complexity index is 818. The Morgan fingerprint density at radius 2 is 1.94 bits per heavy atom. The predicted octanol–water partition coefficient (Wildman–Crippen LogP) is 2.50. The highest BCUT2D eigenvalue weighted by Crippen LogP contribution is 2.21. The van der Waals surface area contributed by atoms with Crippen LogP contribution in [0.15, 0.2) is 33.8 Å². The Kier molecular flexibility index (Phi) is 8.78. The second-order valence-corrected chi connectivity index (χ2v) is 7.90. The lowest BCUT2D eigenvalue weighted by atomic mass is 10.0. The second kappa shape index (κ2) is 11.8. The van der Waals surface area contributed by atoms with Crippen LogP contribution < -0.4 is 10.6 Å². The van der Waals surface area contributed by atoms with Crippen molar-refractivity contribution >= 4 is 5.96 Å². The number of morpholine rings is 1. The molecule has 1 aliphatic rings. The first kappa shape index (κ1) is 23.1. The Balaban J connectivity index is 1.49. The molecule has 31 heavy (non-hydrogen) atoms. The van der Waals surface area contributed by atoms with Gasteiger partial charge in [-0.15, -0.1) is 0 Å². The van der Waals surface area contributed by atoms with Gasteiger partial charge in [0, 0.05) is 45.6 Å². The summed E-state index contributed by atoms with van der Waals surface area (Å²) < 4.78 is 24.2. The number of aryl methyl sites for hydroxylation is 1. The number of benzene rings is 1. The SMILES string of the molecule is CN=C(NCCCc1nc(C(C)C)no1)NCC(c1ccc(F)cc1)N1CCOCC1. The monoisotopic (exact) mass is 432 g/mol. The molecular weight excluding hydrogens is 399 g/mol. The van der Waals surface area contributed by atoms with E-state index in [9.17, 15) is 4.39 Å². The van der Waals surface area contributed by atoms with Gasteiger partial charge in [0.15, 0.2) is 11.8 Å². The maximum Gasteiger partial charge on any atom is 0.226 e. The van der Waals surface area contributed by atoms with Crippen LogP contribution in [0.1, 0.15) is 49.5 Å². The number of aromatic nitrogens is 2. The van der Waals surface area contributed by atoms with Gasteiger partial charge < -0.3 is 19.9 Å². The van der Waals surface area contributed by atoms with Crippen molar-refractivity contribution in [2.24, 2.45) is 4.99 Å². The number of halogens is 1. The molecule has 9 heteroatoms. The van der Waals surface area contributed by atoms with E-state index < -0.39 is 0 Å². The quantitative estimate of drug-likeness (QED) is 0.358. The van der Waals surface area contributed by atoms with E-state index in [4.69, 9.17) is 9.26 Å². The van der Waals surface area contributed by atoms with E-state index in [-0.39, 0.29) is 17.8 Å². The van der Waals surface area contributed by atoms with Gasteiger partial charge in [-0.1, -0.05) is 31.1 Å². The molecule has 1 atom stereocenters. The summed E-state index contributed by atoms with van der Waals surface area (Å²) >= 11 is 0. The van der Waals surface area contributed by atoms with Gasteiger partial charge in [-0.3, -0.25) is 9.89 Å². The van der Waals surface area contributed by atoms with Crippen molar-refractivity contribution in [1.82, 2.24) is 25.7 Å². The summed E-state index contributed by atoms with van der Waals surface area (Å²) in [5, 5.41) is 10.7. The van der Waals surface area contributed by atoms with E-state index in [1.54, 1.807) is 7.05 Å². The van der Waals surface area contributed by atoms with E-state index in [2.05, 4.69) is 30.7 Å². The average Bonchev–Trinajstić information content (AvgIpc) is 3.26. The van der Waals surface area contributed by atoms with Crippen LogP contribution in [0.4, 0.5) is 4.39 Å². The fraction of sp³-hybridized carbons (Fsp3) is 0.591. The largest absolute Gasteiger partial charge is 0.379 e. The molecule has 0 spiro atoms. The van der Waals surface area contributed by atoms with Crippen LogP contribution in [0.5, 0.6) is 0 Å². The molecule has 0 saturated carbocycles. The van der Waals surface area contributed by atoms with Crippen molar-refractivity contribution in [3.05, 3.63) is 47.4 Å². The molecule has 170 valence electrons. The molecule has 2 heterocycles. The Hall–Kier alpha value is -2.52. The van der Waals surface area contributed by atoms with E-state index in [0.29, 0.717) is 25.6 Å². The molecule has 1 aromatic carbocycles. The first-order valence-corrected chi connectivity index (χ1v) is 10.9. The number of nitrogens with one attached hydrogen (secondary N) is 2. The molecule has 0 aliphatic carbocycles. The number of hydrogen-bond acceptors (Lipinski definition) is 6. The molecule has 0 amide bonds. The summed E-state index contributed by atoms with van der Waals surface area (Å²) in [7, 11) is 1.75. The highest BCUT2D eigenvalue weighted by atomic mass is 19.1. The molecule has 0 bridgehead atoms. The first-order chi connectivity index (χ1) is 15.1. The Morgan fingerprint density at radius 3 is 2.58 bits per heavy atom. The van der Waals surface area contributed by atoms with Crippen molar-refractivity contribution in [3.63, 3.8) is 0 Å². The predicted molar refractivity (Wildman–Crippen MR) is 118 cm³/mol. The van der Waals surface area contributed by atoms with Crippen LogP contribution in [-0.2, 0) is 11.2 Å². The van der Waals surface area contributed by atoms with E-state index >= 15 is 0 Å². The standard InChI is InChI=1S/C22H33FN6O2/c1-16(2)21-27-20(31-28-21)5-4-10-25-22(24-3)26-15-19(29-11-13-30-14-12-29)17-6-8-18(23)9-7-17/h6-9,16,19H,4-5,10-15H2,1-3H3,(H2,24,25,26). The van der Waals surface area contributed by atoms with E-state index in [1.807, 2.05) is 26.0 Å². The lowest BCUT2D eigenvalue weighted by molar-refractivity contribution is 0.0170. The molecule has 1 unspecified atom stereocenters. The Morgan fingerprint density at radius 1 is 1.19 bits per heavy atom. The zero-order chi connectivity index (χ0) is 22.1. The summed E-state index contributed by atoms with van der Waals surface area (Å²) in [4.78, 5) is 11.1. The second-order valence-electron chi connectivity index (χ2n) is 7.90. The van der Waals surface area contributed by atoms with Gasteiger partial charge in [0.25, 0.3) is 0 Å². The number of nitrogens with zero attached hydrogens (tertiary/aromatic N) is 4. The molecule has 0 radical (unpaired) electrons. The minimum Gasteiger partial charge on any atom is -0.379 e. The van der Waals surface area contributed by atoms with Gasteiger partial charge in [-0.05, 0) is 24.1 Å². The van der Waals surface area contributed by atoms with Crippen molar-refractivity contribution in [1.29, 1.82) is 0 Å². The van der Waals surface area contributed by atoms with Gasteiger partial charge in [0.05, 0.1) is 19.3 Å². The maximum absolute atomic E-state index is 13.4. The maximum atomic E-state index is 13.4. The normalized spacial score (nSPS) is 16.5. The fourth-order valence-corrected chi connectivity index (χ4v) is 3.50. The molecule has 2 N–H and O–H groups in total.